The lowest BCUT2D eigenvalue weighted by Gasteiger charge is -2.30. The Hall–Kier alpha value is -2.82. The predicted octanol–water partition coefficient (Wildman–Crippen LogP) is 5.26. The fraction of sp³-hybridized carbons (Fsp3) is 0.500. The molecule has 0 aromatic heterocycles. The van der Waals surface area contributed by atoms with Crippen LogP contribution in [0.15, 0.2) is 48.5 Å². The van der Waals surface area contributed by atoms with Crippen LogP contribution in [0.5, 0.6) is 5.75 Å². The van der Waals surface area contributed by atoms with Gasteiger partial charge in [0.2, 0.25) is 11.8 Å². The van der Waals surface area contributed by atoms with Gasteiger partial charge in [-0.25, -0.2) is 0 Å². The zero-order chi connectivity index (χ0) is 24.6. The van der Waals surface area contributed by atoms with Crippen molar-refractivity contribution in [1.29, 1.82) is 0 Å². The molecular formula is C28H40N2O3. The highest BCUT2D eigenvalue weighted by molar-refractivity contribution is 5.87. The topological polar surface area (TPSA) is 58.6 Å². The standard InChI is InChI=1S/C28H40N2O3/c1-8-20(2)29-27(32)21(3)30(19-23-11-16-25(33-7)17-12-23)26(31)18-13-22-9-14-24(15-10-22)28(4,5)6/h9-12,14-17,20-21H,8,13,18-19H2,1-7H3,(H,29,32). The summed E-state index contributed by atoms with van der Waals surface area (Å²) in [7, 11) is 1.63. The number of hydrogen-bond donors (Lipinski definition) is 1. The second kappa shape index (κ2) is 11.9. The number of carbonyl (C=O) groups is 2. The van der Waals surface area contributed by atoms with E-state index in [-0.39, 0.29) is 23.3 Å². The largest absolute Gasteiger partial charge is 0.497 e. The molecule has 2 aromatic carbocycles. The number of amides is 2. The second-order valence-corrected chi connectivity index (χ2v) is 9.81. The van der Waals surface area contributed by atoms with Crippen molar-refractivity contribution in [2.75, 3.05) is 7.11 Å². The summed E-state index contributed by atoms with van der Waals surface area (Å²) in [4.78, 5) is 27.8. The Morgan fingerprint density at radius 3 is 2.06 bits per heavy atom. The van der Waals surface area contributed by atoms with Gasteiger partial charge in [-0.1, -0.05) is 64.1 Å². The van der Waals surface area contributed by atoms with Crippen molar-refractivity contribution in [1.82, 2.24) is 10.2 Å². The maximum atomic E-state index is 13.3. The van der Waals surface area contributed by atoms with Gasteiger partial charge in [-0.3, -0.25) is 9.59 Å². The van der Waals surface area contributed by atoms with Gasteiger partial charge in [0.1, 0.15) is 11.8 Å². The summed E-state index contributed by atoms with van der Waals surface area (Å²) in [6.07, 6.45) is 1.84. The second-order valence-electron chi connectivity index (χ2n) is 9.81. The van der Waals surface area contributed by atoms with Crippen LogP contribution in [-0.4, -0.2) is 35.9 Å². The van der Waals surface area contributed by atoms with Gasteiger partial charge in [0.25, 0.3) is 0 Å². The molecule has 33 heavy (non-hydrogen) atoms. The Labute approximate surface area is 199 Å². The van der Waals surface area contributed by atoms with Crippen LogP contribution in [0.4, 0.5) is 0 Å². The van der Waals surface area contributed by atoms with Gasteiger partial charge < -0.3 is 15.0 Å². The molecule has 0 spiro atoms. The molecular weight excluding hydrogens is 412 g/mol. The van der Waals surface area contributed by atoms with Crippen molar-refractivity contribution >= 4 is 11.8 Å². The summed E-state index contributed by atoms with van der Waals surface area (Å²) < 4.78 is 5.24. The van der Waals surface area contributed by atoms with Crippen LogP contribution < -0.4 is 10.1 Å². The Balaban J connectivity index is 2.14. The van der Waals surface area contributed by atoms with Gasteiger partial charge in [-0.2, -0.15) is 0 Å². The number of nitrogens with one attached hydrogen (secondary N) is 1. The molecule has 2 amide bonds. The quantitative estimate of drug-likeness (QED) is 0.535. The molecule has 1 N–H and O–H groups in total. The van der Waals surface area contributed by atoms with E-state index < -0.39 is 6.04 Å². The average molecular weight is 453 g/mol. The van der Waals surface area contributed by atoms with Gasteiger partial charge in [0.05, 0.1) is 7.11 Å². The number of hydrogen-bond acceptors (Lipinski definition) is 3. The molecule has 0 fully saturated rings. The predicted molar refractivity (Wildman–Crippen MR) is 134 cm³/mol. The number of aryl methyl sites for hydroxylation is 1. The van der Waals surface area contributed by atoms with Crippen molar-refractivity contribution < 1.29 is 14.3 Å². The van der Waals surface area contributed by atoms with Crippen molar-refractivity contribution in [3.63, 3.8) is 0 Å². The molecule has 0 saturated heterocycles. The number of rotatable bonds is 10. The smallest absolute Gasteiger partial charge is 0.242 e. The van der Waals surface area contributed by atoms with Gasteiger partial charge in [-0.15, -0.1) is 0 Å². The lowest BCUT2D eigenvalue weighted by atomic mass is 9.86. The van der Waals surface area contributed by atoms with E-state index in [0.717, 1.165) is 23.3 Å². The molecule has 0 saturated carbocycles. The molecule has 0 radical (unpaired) electrons. The van der Waals surface area contributed by atoms with Crippen LogP contribution in [0.25, 0.3) is 0 Å². The van der Waals surface area contributed by atoms with Crippen LogP contribution in [0.1, 0.15) is 71.1 Å². The molecule has 0 aliphatic carbocycles. The summed E-state index contributed by atoms with van der Waals surface area (Å²) in [6.45, 7) is 12.7. The summed E-state index contributed by atoms with van der Waals surface area (Å²) >= 11 is 0. The zero-order valence-corrected chi connectivity index (χ0v) is 21.3. The van der Waals surface area contributed by atoms with Crippen molar-refractivity contribution in [2.45, 2.75) is 84.8 Å². The van der Waals surface area contributed by atoms with Crippen LogP contribution in [0.3, 0.4) is 0 Å². The summed E-state index contributed by atoms with van der Waals surface area (Å²) in [5.41, 5.74) is 3.45. The SMILES string of the molecule is CCC(C)NC(=O)C(C)N(Cc1ccc(OC)cc1)C(=O)CCc1ccc(C(C)(C)C)cc1. The van der Waals surface area contributed by atoms with Crippen molar-refractivity contribution in [3.8, 4) is 5.75 Å². The highest BCUT2D eigenvalue weighted by atomic mass is 16.5. The monoisotopic (exact) mass is 452 g/mol. The van der Waals surface area contributed by atoms with Crippen molar-refractivity contribution in [2.24, 2.45) is 0 Å². The molecule has 2 aromatic rings. The lowest BCUT2D eigenvalue weighted by Crippen LogP contribution is -2.49. The molecule has 5 nitrogen and oxygen atoms in total. The van der Waals surface area contributed by atoms with Crippen LogP contribution in [0.2, 0.25) is 0 Å². The first-order valence-corrected chi connectivity index (χ1v) is 11.9. The van der Waals surface area contributed by atoms with Crippen LogP contribution in [-0.2, 0) is 28.0 Å². The van der Waals surface area contributed by atoms with Crippen LogP contribution >= 0.6 is 0 Å². The highest BCUT2D eigenvalue weighted by Crippen LogP contribution is 2.23. The highest BCUT2D eigenvalue weighted by Gasteiger charge is 2.26. The Bertz CT molecular complexity index is 898. The third kappa shape index (κ3) is 7.92. The van der Waals surface area contributed by atoms with E-state index in [4.69, 9.17) is 4.74 Å². The number of ether oxygens (including phenoxy) is 1. The average Bonchev–Trinajstić information content (AvgIpc) is 2.80. The summed E-state index contributed by atoms with van der Waals surface area (Å²) in [5, 5.41) is 3.01. The van der Waals surface area contributed by atoms with Crippen molar-refractivity contribution in [3.05, 3.63) is 65.2 Å². The van der Waals surface area contributed by atoms with Gasteiger partial charge in [0.15, 0.2) is 0 Å². The molecule has 0 bridgehead atoms. The third-order valence-corrected chi connectivity index (χ3v) is 6.13. The first-order valence-electron chi connectivity index (χ1n) is 11.9. The molecule has 2 unspecified atom stereocenters. The lowest BCUT2D eigenvalue weighted by molar-refractivity contribution is -0.140. The Kier molecular flexibility index (Phi) is 9.51. The van der Waals surface area contributed by atoms with Crippen LogP contribution in [0, 0.1) is 0 Å². The maximum absolute atomic E-state index is 13.3. The number of nitrogens with zero attached hydrogens (tertiary/aromatic N) is 1. The first kappa shape index (κ1) is 26.4. The minimum atomic E-state index is -0.558. The van der Waals surface area contributed by atoms with Gasteiger partial charge in [0, 0.05) is 19.0 Å². The minimum Gasteiger partial charge on any atom is -0.497 e. The maximum Gasteiger partial charge on any atom is 0.242 e. The fourth-order valence-electron chi connectivity index (χ4n) is 3.54. The molecule has 0 aliphatic heterocycles. The van der Waals surface area contributed by atoms with E-state index in [9.17, 15) is 9.59 Å². The Morgan fingerprint density at radius 2 is 1.55 bits per heavy atom. The molecule has 0 heterocycles. The normalized spacial score (nSPS) is 13.2. The van der Waals surface area contributed by atoms with Gasteiger partial charge >= 0.3 is 0 Å². The number of carbonyl (C=O) groups excluding carboxylic acids is 2. The summed E-state index contributed by atoms with van der Waals surface area (Å²) in [6, 6.07) is 15.6. The van der Waals surface area contributed by atoms with E-state index in [1.807, 2.05) is 38.1 Å². The third-order valence-electron chi connectivity index (χ3n) is 6.13. The zero-order valence-electron chi connectivity index (χ0n) is 21.3. The minimum absolute atomic E-state index is 0.0301. The number of benzene rings is 2. The van der Waals surface area contributed by atoms with E-state index >= 15 is 0 Å². The molecule has 0 aliphatic rings. The molecule has 2 atom stereocenters. The first-order chi connectivity index (χ1) is 15.5. The van der Waals surface area contributed by atoms with E-state index in [1.165, 1.54) is 5.56 Å². The molecule has 5 heteroatoms. The fourth-order valence-corrected chi connectivity index (χ4v) is 3.54. The summed E-state index contributed by atoms with van der Waals surface area (Å²) in [5.74, 6) is 0.608. The van der Waals surface area contributed by atoms with Gasteiger partial charge in [-0.05, 0) is 60.9 Å². The van der Waals surface area contributed by atoms with E-state index in [0.29, 0.717) is 19.4 Å². The van der Waals surface area contributed by atoms with E-state index in [2.05, 4.69) is 50.4 Å². The molecule has 2 rings (SSSR count). The molecule has 180 valence electrons. The Morgan fingerprint density at radius 1 is 0.970 bits per heavy atom. The number of methoxy groups -OCH3 is 1. The van der Waals surface area contributed by atoms with E-state index in [1.54, 1.807) is 18.9 Å².